The Morgan fingerprint density at radius 3 is 2.48 bits per heavy atom. The third-order valence-corrected chi connectivity index (χ3v) is 6.07. The predicted molar refractivity (Wildman–Crippen MR) is 128 cm³/mol. The van der Waals surface area contributed by atoms with Crippen molar-refractivity contribution in [3.05, 3.63) is 71.1 Å². The minimum absolute atomic E-state index is 0.0364. The molecule has 0 saturated heterocycles. The number of nitrogens with zero attached hydrogens (tertiary/aromatic N) is 2. The Hall–Kier alpha value is -3.80. The van der Waals surface area contributed by atoms with Crippen molar-refractivity contribution >= 4 is 34.0 Å². The molecule has 0 unspecified atom stereocenters. The van der Waals surface area contributed by atoms with E-state index >= 15 is 0 Å². The van der Waals surface area contributed by atoms with Gasteiger partial charge in [0.2, 0.25) is 5.52 Å². The molecular weight excluding hydrogens is 416 g/mol. The smallest absolute Gasteiger partial charge is 0.216 e. The number of hydrogen-bond acceptors (Lipinski definition) is 5. The van der Waals surface area contributed by atoms with Crippen molar-refractivity contribution in [2.45, 2.75) is 20.8 Å². The summed E-state index contributed by atoms with van der Waals surface area (Å²) >= 11 is 0. The quantitative estimate of drug-likeness (QED) is 0.447. The number of carbonyl (C=O) groups excluding carboxylic acids is 1. The summed E-state index contributed by atoms with van der Waals surface area (Å²) in [5.41, 5.74) is 3.01. The molecule has 1 N–H and O–H groups in total. The highest BCUT2D eigenvalue weighted by atomic mass is 16.5. The highest BCUT2D eigenvalue weighted by Gasteiger charge is 2.30. The van der Waals surface area contributed by atoms with Gasteiger partial charge in [-0.25, -0.2) is 4.57 Å². The molecule has 2 aromatic carbocycles. The number of pyridine rings is 1. The van der Waals surface area contributed by atoms with Gasteiger partial charge in [-0.3, -0.25) is 4.79 Å². The summed E-state index contributed by atoms with van der Waals surface area (Å²) < 4.78 is 7.57. The number of ether oxygens (including phenoxy) is 1. The molecule has 0 spiro atoms. The van der Waals surface area contributed by atoms with Gasteiger partial charge < -0.3 is 19.8 Å². The lowest BCUT2D eigenvalue weighted by Crippen LogP contribution is -2.30. The Morgan fingerprint density at radius 1 is 1.09 bits per heavy atom. The van der Waals surface area contributed by atoms with Gasteiger partial charge in [0.25, 0.3) is 0 Å². The molecule has 1 aromatic heterocycles. The standard InChI is InChI=1S/C27H28N2O4/c1-5-29(6-2)18-8-10-21(24(30)15-18)25-26(31)22(27(25)32)14-17-12-13-28(4)23-16-19(33-7-3)9-11-20(17)23/h8-16H,5-7H2,1-4H3,(H,31,32). The number of phenols is 1. The van der Waals surface area contributed by atoms with Gasteiger partial charge in [0.15, 0.2) is 12.0 Å². The van der Waals surface area contributed by atoms with E-state index in [1.54, 1.807) is 18.2 Å². The van der Waals surface area contributed by atoms with E-state index in [2.05, 4.69) is 4.90 Å². The van der Waals surface area contributed by atoms with Crippen molar-refractivity contribution in [1.29, 1.82) is 0 Å². The largest absolute Gasteiger partial charge is 0.871 e. The topological polar surface area (TPSA) is 76.7 Å². The second-order valence-electron chi connectivity index (χ2n) is 7.96. The van der Waals surface area contributed by atoms with Crippen LogP contribution in [0.5, 0.6) is 11.5 Å². The first-order chi connectivity index (χ1) is 15.9. The maximum atomic E-state index is 12.9. The molecule has 1 aliphatic carbocycles. The van der Waals surface area contributed by atoms with Gasteiger partial charge in [-0.05, 0) is 56.7 Å². The number of benzene rings is 2. The number of Topliss-reactive ketones (excluding diaryl/α,β-unsaturated/α-hetero) is 1. The number of aromatic hydroxyl groups is 1. The summed E-state index contributed by atoms with van der Waals surface area (Å²) in [4.78, 5) is 15.0. The number of carbonyl (C=O) groups is 1. The highest BCUT2D eigenvalue weighted by Crippen LogP contribution is 2.40. The molecule has 0 saturated carbocycles. The van der Waals surface area contributed by atoms with Crippen LogP contribution < -0.4 is 19.3 Å². The maximum absolute atomic E-state index is 12.9. The van der Waals surface area contributed by atoms with E-state index in [1.165, 1.54) is 0 Å². The maximum Gasteiger partial charge on any atom is 0.216 e. The fourth-order valence-electron chi connectivity index (χ4n) is 4.25. The van der Waals surface area contributed by atoms with Crippen LogP contribution in [0.25, 0.3) is 22.6 Å². The second-order valence-corrected chi connectivity index (χ2v) is 7.96. The van der Waals surface area contributed by atoms with E-state index in [0.29, 0.717) is 6.61 Å². The van der Waals surface area contributed by atoms with E-state index in [1.807, 2.05) is 68.9 Å². The van der Waals surface area contributed by atoms with Gasteiger partial charge in [0.05, 0.1) is 18.1 Å². The normalized spacial score (nSPS) is 14.7. The summed E-state index contributed by atoms with van der Waals surface area (Å²) in [5.74, 6) is 0.00708. The molecule has 1 heterocycles. The monoisotopic (exact) mass is 444 g/mol. The molecule has 4 rings (SSSR count). The molecule has 6 heteroatoms. The number of phenolic OH excluding ortho intramolecular Hbond substituents is 1. The SMILES string of the molecule is CCOc1ccc2c(/C=C3\C(=O)C(c4ccc(N(CC)CC)cc4O)=C3[O-])cc[n+](C)c2c1. The van der Waals surface area contributed by atoms with E-state index in [9.17, 15) is 15.0 Å². The lowest BCUT2D eigenvalue weighted by molar-refractivity contribution is -0.644. The number of aromatic nitrogens is 1. The molecule has 0 atom stereocenters. The van der Waals surface area contributed by atoms with Crippen molar-refractivity contribution in [3.63, 3.8) is 0 Å². The summed E-state index contributed by atoms with van der Waals surface area (Å²) in [6.07, 6.45) is 3.53. The fourth-order valence-corrected chi connectivity index (χ4v) is 4.25. The Labute approximate surface area is 193 Å². The van der Waals surface area contributed by atoms with Crippen LogP contribution in [0.15, 0.2) is 60.0 Å². The summed E-state index contributed by atoms with van der Waals surface area (Å²) in [6.45, 7) is 8.16. The van der Waals surface area contributed by atoms with Crippen molar-refractivity contribution in [2.24, 2.45) is 7.05 Å². The number of hydrogen-bond donors (Lipinski definition) is 1. The first-order valence-electron chi connectivity index (χ1n) is 11.2. The van der Waals surface area contributed by atoms with Crippen LogP contribution in [0.1, 0.15) is 31.9 Å². The summed E-state index contributed by atoms with van der Waals surface area (Å²) in [5, 5.41) is 24.4. The Morgan fingerprint density at radius 2 is 1.85 bits per heavy atom. The molecule has 0 aliphatic heterocycles. The van der Waals surface area contributed by atoms with E-state index in [4.69, 9.17) is 4.74 Å². The number of allylic oxidation sites excluding steroid dienone is 2. The van der Waals surface area contributed by atoms with Gasteiger partial charge >= 0.3 is 0 Å². The molecule has 0 bridgehead atoms. The van der Waals surface area contributed by atoms with Crippen molar-refractivity contribution in [3.8, 4) is 11.5 Å². The second kappa shape index (κ2) is 8.98. The number of aryl methyl sites for hydroxylation is 1. The Bertz CT molecular complexity index is 1300. The molecule has 170 valence electrons. The van der Waals surface area contributed by atoms with Crippen molar-refractivity contribution in [2.75, 3.05) is 24.6 Å². The number of rotatable bonds is 7. The molecule has 3 aromatic rings. The van der Waals surface area contributed by atoms with Crippen LogP contribution in [0.3, 0.4) is 0 Å². The zero-order valence-corrected chi connectivity index (χ0v) is 19.4. The van der Waals surface area contributed by atoms with Crippen LogP contribution in [0, 0.1) is 0 Å². The Kier molecular flexibility index (Phi) is 6.09. The van der Waals surface area contributed by atoms with Crippen LogP contribution in [-0.4, -0.2) is 30.6 Å². The van der Waals surface area contributed by atoms with Crippen molar-refractivity contribution in [1.82, 2.24) is 0 Å². The molecule has 0 radical (unpaired) electrons. The summed E-state index contributed by atoms with van der Waals surface area (Å²) in [7, 11) is 1.94. The summed E-state index contributed by atoms with van der Waals surface area (Å²) in [6, 6.07) is 12.7. The van der Waals surface area contributed by atoms with Crippen LogP contribution in [0.4, 0.5) is 5.69 Å². The van der Waals surface area contributed by atoms with Crippen LogP contribution >= 0.6 is 0 Å². The molecule has 33 heavy (non-hydrogen) atoms. The van der Waals surface area contributed by atoms with Crippen LogP contribution in [-0.2, 0) is 11.8 Å². The zero-order valence-electron chi connectivity index (χ0n) is 19.4. The Balaban J connectivity index is 1.72. The molecular formula is C27H28N2O4. The highest BCUT2D eigenvalue weighted by molar-refractivity contribution is 6.40. The first kappa shape index (κ1) is 22.4. The van der Waals surface area contributed by atoms with Crippen molar-refractivity contribution < 1.29 is 24.3 Å². The van der Waals surface area contributed by atoms with Gasteiger partial charge in [-0.2, -0.15) is 0 Å². The number of fused-ring (bicyclic) bond motifs is 1. The van der Waals surface area contributed by atoms with Gasteiger partial charge in [0.1, 0.15) is 18.5 Å². The molecule has 0 amide bonds. The van der Waals surface area contributed by atoms with E-state index in [-0.39, 0.29) is 34.0 Å². The minimum atomic E-state index is -0.349. The van der Waals surface area contributed by atoms with Gasteiger partial charge in [-0.15, -0.1) is 0 Å². The number of ketones is 1. The molecule has 6 nitrogen and oxygen atoms in total. The van der Waals surface area contributed by atoms with Gasteiger partial charge in [0, 0.05) is 47.6 Å². The van der Waals surface area contributed by atoms with Gasteiger partial charge in [-0.1, -0.05) is 5.76 Å². The number of anilines is 1. The zero-order chi connectivity index (χ0) is 23.7. The van der Waals surface area contributed by atoms with Crippen LogP contribution in [0.2, 0.25) is 0 Å². The molecule has 1 aliphatic rings. The average molecular weight is 445 g/mol. The third-order valence-electron chi connectivity index (χ3n) is 6.07. The lowest BCUT2D eigenvalue weighted by Gasteiger charge is -2.31. The van der Waals surface area contributed by atoms with E-state index in [0.717, 1.165) is 41.0 Å². The minimum Gasteiger partial charge on any atom is -0.871 e. The predicted octanol–water partition coefficient (Wildman–Crippen LogP) is 3.35. The fraction of sp³-hybridized carbons (Fsp3) is 0.259. The molecule has 0 fully saturated rings. The lowest BCUT2D eigenvalue weighted by atomic mass is 9.82. The average Bonchev–Trinajstić information content (AvgIpc) is 2.81. The third kappa shape index (κ3) is 3.93. The van der Waals surface area contributed by atoms with E-state index < -0.39 is 0 Å². The first-order valence-corrected chi connectivity index (χ1v) is 11.2.